The highest BCUT2D eigenvalue weighted by Gasteiger charge is 2.23. The summed E-state index contributed by atoms with van der Waals surface area (Å²) in [6, 6.07) is 4.63. The minimum Gasteiger partial charge on any atom is -0.376 e. The quantitative estimate of drug-likeness (QED) is 0.780. The molecule has 4 heteroatoms. The summed E-state index contributed by atoms with van der Waals surface area (Å²) < 4.78 is 6.52. The Morgan fingerprint density at radius 3 is 3.12 bits per heavy atom. The SMILES string of the molecule is C[C@@H]1CN(Cc2ccnc(Br)c2)[C@@H](C)CO1. The lowest BCUT2D eigenvalue weighted by atomic mass is 10.1. The van der Waals surface area contributed by atoms with Crippen LogP contribution in [0.3, 0.4) is 0 Å². The van der Waals surface area contributed by atoms with E-state index in [1.807, 2.05) is 6.20 Å². The predicted molar refractivity (Wildman–Crippen MR) is 67.2 cm³/mol. The summed E-state index contributed by atoms with van der Waals surface area (Å²) in [5.74, 6) is 0. The summed E-state index contributed by atoms with van der Waals surface area (Å²) in [7, 11) is 0. The van der Waals surface area contributed by atoms with Gasteiger partial charge in [0.25, 0.3) is 0 Å². The zero-order chi connectivity index (χ0) is 11.5. The van der Waals surface area contributed by atoms with E-state index in [4.69, 9.17) is 4.74 Å². The Balaban J connectivity index is 2.02. The molecule has 2 atom stereocenters. The van der Waals surface area contributed by atoms with Crippen molar-refractivity contribution in [3.8, 4) is 0 Å². The van der Waals surface area contributed by atoms with Gasteiger partial charge in [-0.3, -0.25) is 4.90 Å². The topological polar surface area (TPSA) is 25.4 Å². The van der Waals surface area contributed by atoms with Gasteiger partial charge in [-0.25, -0.2) is 4.98 Å². The van der Waals surface area contributed by atoms with Crippen molar-refractivity contribution in [3.05, 3.63) is 28.5 Å². The molecule has 0 unspecified atom stereocenters. The van der Waals surface area contributed by atoms with Gasteiger partial charge in [0.15, 0.2) is 0 Å². The smallest absolute Gasteiger partial charge is 0.106 e. The van der Waals surface area contributed by atoms with E-state index in [0.717, 1.165) is 24.3 Å². The number of nitrogens with zero attached hydrogens (tertiary/aromatic N) is 2. The van der Waals surface area contributed by atoms with E-state index >= 15 is 0 Å². The number of hydrogen-bond acceptors (Lipinski definition) is 3. The first-order chi connectivity index (χ1) is 7.65. The lowest BCUT2D eigenvalue weighted by Crippen LogP contribution is -2.46. The Kier molecular flexibility index (Phi) is 3.95. The summed E-state index contributed by atoms with van der Waals surface area (Å²) in [4.78, 5) is 6.59. The molecular weight excluding hydrogens is 268 g/mol. The summed E-state index contributed by atoms with van der Waals surface area (Å²) in [5.41, 5.74) is 1.29. The van der Waals surface area contributed by atoms with Gasteiger partial charge in [0, 0.05) is 25.3 Å². The van der Waals surface area contributed by atoms with Gasteiger partial charge in [-0.15, -0.1) is 0 Å². The molecule has 0 aliphatic carbocycles. The molecule has 2 rings (SSSR count). The molecule has 0 spiro atoms. The van der Waals surface area contributed by atoms with E-state index in [9.17, 15) is 0 Å². The number of morpholine rings is 1. The number of aromatic nitrogens is 1. The first kappa shape index (κ1) is 12.0. The van der Waals surface area contributed by atoms with Crippen LogP contribution in [0, 0.1) is 0 Å². The van der Waals surface area contributed by atoms with Gasteiger partial charge in [0.05, 0.1) is 12.7 Å². The van der Waals surface area contributed by atoms with Crippen molar-refractivity contribution in [1.82, 2.24) is 9.88 Å². The first-order valence-corrected chi connectivity index (χ1v) is 6.40. The maximum Gasteiger partial charge on any atom is 0.106 e. The van der Waals surface area contributed by atoms with Gasteiger partial charge < -0.3 is 4.74 Å². The van der Waals surface area contributed by atoms with Crippen LogP contribution in [0.15, 0.2) is 22.9 Å². The molecule has 1 aromatic rings. The number of rotatable bonds is 2. The van der Waals surface area contributed by atoms with Crippen LogP contribution in [0.25, 0.3) is 0 Å². The third kappa shape index (κ3) is 3.03. The predicted octanol–water partition coefficient (Wildman–Crippen LogP) is 2.45. The zero-order valence-corrected chi connectivity index (χ0v) is 11.3. The van der Waals surface area contributed by atoms with Crippen LogP contribution in [-0.2, 0) is 11.3 Å². The molecule has 1 saturated heterocycles. The second-order valence-electron chi connectivity index (χ2n) is 4.41. The van der Waals surface area contributed by atoms with Gasteiger partial charge in [0.2, 0.25) is 0 Å². The number of pyridine rings is 1. The third-order valence-corrected chi connectivity index (χ3v) is 3.35. The molecule has 16 heavy (non-hydrogen) atoms. The molecule has 0 radical (unpaired) electrons. The summed E-state index contributed by atoms with van der Waals surface area (Å²) in [5, 5.41) is 0. The molecule has 1 aliphatic heterocycles. The van der Waals surface area contributed by atoms with E-state index in [2.05, 4.69) is 51.8 Å². The standard InChI is InChI=1S/C12H17BrN2O/c1-9-8-16-10(2)6-15(9)7-11-3-4-14-12(13)5-11/h3-5,9-10H,6-8H2,1-2H3/t9-,10+/m0/s1. The lowest BCUT2D eigenvalue weighted by Gasteiger charge is -2.36. The molecular formula is C12H17BrN2O. The first-order valence-electron chi connectivity index (χ1n) is 5.61. The fourth-order valence-electron chi connectivity index (χ4n) is 1.97. The number of ether oxygens (including phenoxy) is 1. The second kappa shape index (κ2) is 5.25. The van der Waals surface area contributed by atoms with Crippen molar-refractivity contribution < 1.29 is 4.74 Å². The molecule has 0 N–H and O–H groups in total. The summed E-state index contributed by atoms with van der Waals surface area (Å²) in [6.45, 7) is 7.13. The Labute approximate surface area is 105 Å². The molecule has 1 fully saturated rings. The fraction of sp³-hybridized carbons (Fsp3) is 0.583. The van der Waals surface area contributed by atoms with Gasteiger partial charge >= 0.3 is 0 Å². The summed E-state index contributed by atoms with van der Waals surface area (Å²) in [6.07, 6.45) is 2.18. The van der Waals surface area contributed by atoms with E-state index < -0.39 is 0 Å². The largest absolute Gasteiger partial charge is 0.376 e. The second-order valence-corrected chi connectivity index (χ2v) is 5.22. The van der Waals surface area contributed by atoms with Crippen molar-refractivity contribution in [1.29, 1.82) is 0 Å². The van der Waals surface area contributed by atoms with Crippen LogP contribution in [0.4, 0.5) is 0 Å². The molecule has 0 aromatic carbocycles. The van der Waals surface area contributed by atoms with Crippen LogP contribution in [0.2, 0.25) is 0 Å². The molecule has 88 valence electrons. The monoisotopic (exact) mass is 284 g/mol. The fourth-order valence-corrected chi connectivity index (χ4v) is 2.38. The third-order valence-electron chi connectivity index (χ3n) is 2.91. The van der Waals surface area contributed by atoms with Gasteiger partial charge in [-0.1, -0.05) is 0 Å². The molecule has 0 bridgehead atoms. The average Bonchev–Trinajstić information content (AvgIpc) is 2.24. The minimum atomic E-state index is 0.335. The Morgan fingerprint density at radius 1 is 1.56 bits per heavy atom. The van der Waals surface area contributed by atoms with Crippen molar-refractivity contribution in [2.45, 2.75) is 32.5 Å². The normalized spacial score (nSPS) is 26.9. The Bertz CT molecular complexity index is 359. The van der Waals surface area contributed by atoms with Gasteiger partial charge in [-0.2, -0.15) is 0 Å². The van der Waals surface area contributed by atoms with Crippen molar-refractivity contribution in [2.24, 2.45) is 0 Å². The highest BCUT2D eigenvalue weighted by molar-refractivity contribution is 9.10. The van der Waals surface area contributed by atoms with E-state index in [1.165, 1.54) is 5.56 Å². The van der Waals surface area contributed by atoms with Crippen LogP contribution in [0.5, 0.6) is 0 Å². The highest BCUT2D eigenvalue weighted by atomic mass is 79.9. The van der Waals surface area contributed by atoms with Crippen molar-refractivity contribution in [2.75, 3.05) is 13.2 Å². The maximum atomic E-state index is 5.62. The number of halogens is 1. The zero-order valence-electron chi connectivity index (χ0n) is 9.69. The molecule has 0 amide bonds. The van der Waals surface area contributed by atoms with Crippen molar-refractivity contribution in [3.63, 3.8) is 0 Å². The van der Waals surface area contributed by atoms with E-state index in [-0.39, 0.29) is 0 Å². The minimum absolute atomic E-state index is 0.335. The maximum absolute atomic E-state index is 5.62. The number of hydrogen-bond donors (Lipinski definition) is 0. The van der Waals surface area contributed by atoms with E-state index in [0.29, 0.717) is 12.1 Å². The van der Waals surface area contributed by atoms with Crippen molar-refractivity contribution >= 4 is 15.9 Å². The van der Waals surface area contributed by atoms with Gasteiger partial charge in [-0.05, 0) is 47.5 Å². The Hall–Kier alpha value is -0.450. The molecule has 1 aliphatic rings. The van der Waals surface area contributed by atoms with Crippen LogP contribution in [-0.4, -0.2) is 35.2 Å². The van der Waals surface area contributed by atoms with Crippen LogP contribution >= 0.6 is 15.9 Å². The Morgan fingerprint density at radius 2 is 2.38 bits per heavy atom. The highest BCUT2D eigenvalue weighted by Crippen LogP contribution is 2.16. The molecule has 3 nitrogen and oxygen atoms in total. The molecule has 0 saturated carbocycles. The van der Waals surface area contributed by atoms with Crippen LogP contribution < -0.4 is 0 Å². The lowest BCUT2D eigenvalue weighted by molar-refractivity contribution is -0.0526. The van der Waals surface area contributed by atoms with Gasteiger partial charge in [0.1, 0.15) is 4.60 Å². The average molecular weight is 285 g/mol. The molecule has 2 heterocycles. The van der Waals surface area contributed by atoms with E-state index in [1.54, 1.807) is 0 Å². The summed E-state index contributed by atoms with van der Waals surface area (Å²) >= 11 is 3.40. The van der Waals surface area contributed by atoms with Crippen LogP contribution in [0.1, 0.15) is 19.4 Å². The molecule has 1 aromatic heterocycles.